The predicted molar refractivity (Wildman–Crippen MR) is 134 cm³/mol. The number of aromatic nitrogens is 4. The summed E-state index contributed by atoms with van der Waals surface area (Å²) in [6.07, 6.45) is 5.41. The maximum absolute atomic E-state index is 9.68. The van der Waals surface area contributed by atoms with Gasteiger partial charge >= 0.3 is 0 Å². The number of nitrogens with one attached hydrogen (secondary N) is 1. The molecule has 0 amide bonds. The van der Waals surface area contributed by atoms with Crippen molar-refractivity contribution in [1.29, 1.82) is 0 Å². The summed E-state index contributed by atoms with van der Waals surface area (Å²) in [7, 11) is 5.32. The van der Waals surface area contributed by atoms with Crippen LogP contribution in [0.15, 0.2) is 31.0 Å². The molecule has 0 unspecified atom stereocenters. The zero-order chi connectivity index (χ0) is 24.7. The Kier molecular flexibility index (Phi) is 8.67. The molecule has 0 radical (unpaired) electrons. The van der Waals surface area contributed by atoms with E-state index in [1.807, 2.05) is 31.5 Å². The Morgan fingerprint density at radius 1 is 1.26 bits per heavy atom. The maximum Gasteiger partial charge on any atom is 0.222 e. The second-order valence-corrected chi connectivity index (χ2v) is 8.27. The number of rotatable bonds is 13. The van der Waals surface area contributed by atoms with Crippen LogP contribution in [-0.2, 0) is 13.1 Å². The van der Waals surface area contributed by atoms with E-state index in [1.165, 1.54) is 0 Å². The lowest BCUT2D eigenvalue weighted by atomic mass is 10.1. The van der Waals surface area contributed by atoms with E-state index in [2.05, 4.69) is 33.7 Å². The molecular weight excluding hydrogens is 434 g/mol. The van der Waals surface area contributed by atoms with Crippen molar-refractivity contribution in [2.24, 2.45) is 0 Å². The Hall–Kier alpha value is -3.37. The predicted octanol–water partition coefficient (Wildman–Crippen LogP) is 2.66. The summed E-state index contributed by atoms with van der Waals surface area (Å²) in [5, 5.41) is 17.6. The molecule has 0 aliphatic heterocycles. The molecule has 1 atom stereocenters. The molecule has 10 heteroatoms. The van der Waals surface area contributed by atoms with Gasteiger partial charge in [0.05, 0.1) is 45.2 Å². The van der Waals surface area contributed by atoms with Crippen molar-refractivity contribution in [3.63, 3.8) is 0 Å². The molecule has 4 N–H and O–H groups in total. The molecule has 0 aliphatic carbocycles. The van der Waals surface area contributed by atoms with E-state index in [0.717, 1.165) is 37.1 Å². The lowest BCUT2D eigenvalue weighted by Crippen LogP contribution is -2.24. The van der Waals surface area contributed by atoms with Crippen LogP contribution >= 0.6 is 0 Å². The second-order valence-electron chi connectivity index (χ2n) is 8.27. The summed E-state index contributed by atoms with van der Waals surface area (Å²) in [4.78, 5) is 10.8. The number of aliphatic hydroxyl groups excluding tert-OH is 1. The zero-order valence-electron chi connectivity index (χ0n) is 20.4. The largest absolute Gasteiger partial charge is 0.496 e. The topological polar surface area (TPSA) is 124 Å². The standard InChI is InChI=1S/C24H35N7O3/c1-6-8-17(15-32)26-23-22-19(27-24(25)28-23)14-31(29-22)13-18-20(33-4)10-16(11-21(18)34-5)12-30(3)9-7-2/h7,10-11,14,17,32H,2,6,8-9,12-13,15H2,1,3-5H3,(H3,25,26,27,28)/t17-/m0/s1. The summed E-state index contributed by atoms with van der Waals surface area (Å²) in [5.74, 6) is 2.08. The van der Waals surface area contributed by atoms with Gasteiger partial charge in [-0.1, -0.05) is 19.4 Å². The molecule has 2 heterocycles. The van der Waals surface area contributed by atoms with E-state index in [1.54, 1.807) is 18.9 Å². The van der Waals surface area contributed by atoms with Crippen molar-refractivity contribution in [3.05, 3.63) is 42.1 Å². The normalized spacial score (nSPS) is 12.2. The minimum Gasteiger partial charge on any atom is -0.496 e. The van der Waals surface area contributed by atoms with E-state index < -0.39 is 0 Å². The minimum absolute atomic E-state index is 0.0112. The fourth-order valence-corrected chi connectivity index (χ4v) is 3.95. The van der Waals surface area contributed by atoms with Gasteiger partial charge in [-0.15, -0.1) is 6.58 Å². The van der Waals surface area contributed by atoms with Gasteiger partial charge in [-0.05, 0) is 31.2 Å². The van der Waals surface area contributed by atoms with Crippen LogP contribution in [0.2, 0.25) is 0 Å². The van der Waals surface area contributed by atoms with Crippen molar-refractivity contribution in [2.75, 3.05) is 45.5 Å². The molecule has 34 heavy (non-hydrogen) atoms. The van der Waals surface area contributed by atoms with Crippen molar-refractivity contribution in [3.8, 4) is 11.5 Å². The van der Waals surface area contributed by atoms with Crippen LogP contribution in [0.25, 0.3) is 11.0 Å². The average molecular weight is 470 g/mol. The van der Waals surface area contributed by atoms with E-state index in [9.17, 15) is 5.11 Å². The number of hydrogen-bond acceptors (Lipinski definition) is 9. The van der Waals surface area contributed by atoms with Crippen LogP contribution in [0.1, 0.15) is 30.9 Å². The van der Waals surface area contributed by atoms with Crippen molar-refractivity contribution >= 4 is 22.8 Å². The average Bonchev–Trinajstić information content (AvgIpc) is 3.21. The quantitative estimate of drug-likeness (QED) is 0.324. The SMILES string of the molecule is C=CCN(C)Cc1cc(OC)c(Cn2cc3nc(N)nc(N[C@H](CO)CCC)c3n2)c(OC)c1. The van der Waals surface area contributed by atoms with Crippen molar-refractivity contribution < 1.29 is 14.6 Å². The summed E-state index contributed by atoms with van der Waals surface area (Å²) >= 11 is 0. The Bertz CT molecular complexity index is 1090. The summed E-state index contributed by atoms with van der Waals surface area (Å²) in [5.41, 5.74) is 9.07. The highest BCUT2D eigenvalue weighted by molar-refractivity contribution is 5.86. The Morgan fingerprint density at radius 3 is 2.56 bits per heavy atom. The molecule has 0 saturated carbocycles. The number of nitrogens with zero attached hydrogens (tertiary/aromatic N) is 5. The smallest absolute Gasteiger partial charge is 0.222 e. The highest BCUT2D eigenvalue weighted by Crippen LogP contribution is 2.32. The van der Waals surface area contributed by atoms with Crippen LogP contribution in [0.3, 0.4) is 0 Å². The van der Waals surface area contributed by atoms with E-state index >= 15 is 0 Å². The molecule has 0 aliphatic rings. The fourth-order valence-electron chi connectivity index (χ4n) is 3.95. The van der Waals surface area contributed by atoms with Crippen LogP contribution in [0.4, 0.5) is 11.8 Å². The van der Waals surface area contributed by atoms with Crippen LogP contribution in [-0.4, -0.2) is 70.2 Å². The third-order valence-corrected chi connectivity index (χ3v) is 5.51. The number of ether oxygens (including phenoxy) is 2. The van der Waals surface area contributed by atoms with Gasteiger partial charge < -0.3 is 25.6 Å². The van der Waals surface area contributed by atoms with Crippen LogP contribution < -0.4 is 20.5 Å². The first-order valence-electron chi connectivity index (χ1n) is 11.3. The third kappa shape index (κ3) is 5.95. The molecule has 0 spiro atoms. The van der Waals surface area contributed by atoms with Crippen molar-refractivity contribution in [1.82, 2.24) is 24.6 Å². The number of benzene rings is 1. The van der Waals surface area contributed by atoms with Gasteiger partial charge in [0.25, 0.3) is 0 Å². The Morgan fingerprint density at radius 2 is 1.97 bits per heavy atom. The number of nitrogen functional groups attached to an aromatic ring is 1. The zero-order valence-corrected chi connectivity index (χ0v) is 20.4. The molecule has 2 aromatic heterocycles. The van der Waals surface area contributed by atoms with E-state index in [0.29, 0.717) is 34.9 Å². The highest BCUT2D eigenvalue weighted by atomic mass is 16.5. The number of anilines is 2. The summed E-state index contributed by atoms with van der Waals surface area (Å²) < 4.78 is 13.2. The van der Waals surface area contributed by atoms with Gasteiger partial charge in [-0.2, -0.15) is 10.1 Å². The molecule has 3 aromatic rings. The number of methoxy groups -OCH3 is 2. The number of nitrogens with two attached hydrogens (primary N) is 1. The first kappa shape index (κ1) is 25.3. The first-order valence-corrected chi connectivity index (χ1v) is 11.3. The van der Waals surface area contributed by atoms with E-state index in [-0.39, 0.29) is 18.6 Å². The van der Waals surface area contributed by atoms with Crippen LogP contribution in [0.5, 0.6) is 11.5 Å². The van der Waals surface area contributed by atoms with Gasteiger partial charge in [-0.3, -0.25) is 9.58 Å². The second kappa shape index (κ2) is 11.7. The number of hydrogen-bond donors (Lipinski definition) is 3. The summed E-state index contributed by atoms with van der Waals surface area (Å²) in [6.45, 7) is 7.77. The molecule has 3 rings (SSSR count). The Labute approximate surface area is 200 Å². The highest BCUT2D eigenvalue weighted by Gasteiger charge is 2.18. The lowest BCUT2D eigenvalue weighted by molar-refractivity contribution is 0.268. The molecule has 10 nitrogen and oxygen atoms in total. The summed E-state index contributed by atoms with van der Waals surface area (Å²) in [6, 6.07) is 3.89. The van der Waals surface area contributed by atoms with Gasteiger partial charge in [0, 0.05) is 13.1 Å². The molecule has 0 saturated heterocycles. The van der Waals surface area contributed by atoms with Gasteiger partial charge in [0.15, 0.2) is 11.3 Å². The fraction of sp³-hybridized carbons (Fsp3) is 0.458. The number of likely N-dealkylation sites (N-methyl/N-ethyl adjacent to an activating group) is 1. The van der Waals surface area contributed by atoms with Crippen LogP contribution in [0, 0.1) is 0 Å². The van der Waals surface area contributed by atoms with Crippen molar-refractivity contribution in [2.45, 2.75) is 38.9 Å². The maximum atomic E-state index is 9.68. The van der Waals surface area contributed by atoms with Gasteiger partial charge in [0.2, 0.25) is 5.95 Å². The monoisotopic (exact) mass is 469 g/mol. The molecule has 0 bridgehead atoms. The molecule has 184 valence electrons. The third-order valence-electron chi connectivity index (χ3n) is 5.51. The molecule has 0 fully saturated rings. The lowest BCUT2D eigenvalue weighted by Gasteiger charge is -2.19. The van der Waals surface area contributed by atoms with Gasteiger partial charge in [-0.25, -0.2) is 4.98 Å². The van der Waals surface area contributed by atoms with E-state index in [4.69, 9.17) is 20.3 Å². The molecule has 1 aromatic carbocycles. The first-order chi connectivity index (χ1) is 16.4. The number of aliphatic hydroxyl groups is 1. The number of fused-ring (bicyclic) bond motifs is 1. The molecular formula is C24H35N7O3. The minimum atomic E-state index is -0.139. The Balaban J connectivity index is 1.95. The van der Waals surface area contributed by atoms with Gasteiger partial charge in [0.1, 0.15) is 17.0 Å².